The molecule has 0 fully saturated rings. The highest BCUT2D eigenvalue weighted by atomic mass is 15.1. The summed E-state index contributed by atoms with van der Waals surface area (Å²) in [4.78, 5) is 1.42. The van der Waals surface area contributed by atoms with E-state index in [0.717, 1.165) is 6.54 Å². The van der Waals surface area contributed by atoms with Gasteiger partial charge in [-0.05, 0) is 26.1 Å². The van der Waals surface area contributed by atoms with Gasteiger partial charge in [0, 0.05) is 5.56 Å². The number of nitrogens with one attached hydrogen (secondary N) is 1. The number of quaternary nitrogens is 1. The minimum atomic E-state index is 1.03. The van der Waals surface area contributed by atoms with E-state index >= 15 is 0 Å². The fourth-order valence-corrected chi connectivity index (χ4v) is 1.84. The Morgan fingerprint density at radius 2 is 1.35 bits per heavy atom. The Labute approximate surface area is 124 Å². The predicted octanol–water partition coefficient (Wildman–Crippen LogP) is 2.94. The van der Waals surface area contributed by atoms with E-state index in [9.17, 15) is 0 Å². The molecular weight excluding hydrogens is 244 g/mol. The van der Waals surface area contributed by atoms with Gasteiger partial charge in [0.05, 0.1) is 7.05 Å². The largest absolute Gasteiger partial charge is 0.333 e. The standard InChI is InChI=1S/C15H17N.C2H6.CH5N/c1-13-8-10-14(11-9-13)12-16(2)15-6-4-3-5-7-15;2*1-2/h3-11H,12H2,1-2H3;1-2H3;2H2,1H3/p+1. The highest BCUT2D eigenvalue weighted by molar-refractivity contribution is 5.28. The van der Waals surface area contributed by atoms with Crippen molar-refractivity contribution in [1.82, 2.24) is 0 Å². The van der Waals surface area contributed by atoms with Crippen LogP contribution >= 0.6 is 0 Å². The Hall–Kier alpha value is -1.64. The second-order valence-electron chi connectivity index (χ2n) is 4.31. The predicted molar refractivity (Wildman–Crippen MR) is 89.3 cm³/mol. The number of benzene rings is 2. The maximum atomic E-state index is 4.50. The summed E-state index contributed by atoms with van der Waals surface area (Å²) in [5.74, 6) is 0. The van der Waals surface area contributed by atoms with Crippen LogP contribution in [0.5, 0.6) is 0 Å². The molecule has 0 saturated carbocycles. The van der Waals surface area contributed by atoms with E-state index in [0.29, 0.717) is 0 Å². The maximum Gasteiger partial charge on any atom is 0.131 e. The maximum absolute atomic E-state index is 4.50. The van der Waals surface area contributed by atoms with Crippen LogP contribution in [0.2, 0.25) is 0 Å². The van der Waals surface area contributed by atoms with Crippen LogP contribution in [0.3, 0.4) is 0 Å². The average molecular weight is 273 g/mol. The van der Waals surface area contributed by atoms with Gasteiger partial charge in [0.1, 0.15) is 12.2 Å². The molecule has 1 unspecified atom stereocenters. The molecule has 0 heterocycles. The van der Waals surface area contributed by atoms with Crippen molar-refractivity contribution in [1.29, 1.82) is 0 Å². The van der Waals surface area contributed by atoms with Crippen LogP contribution in [0.25, 0.3) is 0 Å². The van der Waals surface area contributed by atoms with E-state index in [4.69, 9.17) is 0 Å². The molecule has 0 aromatic heterocycles. The number of hydrogen-bond donors (Lipinski definition) is 2. The molecule has 0 spiro atoms. The van der Waals surface area contributed by atoms with E-state index < -0.39 is 0 Å². The Bertz CT molecular complexity index is 435. The summed E-state index contributed by atoms with van der Waals surface area (Å²) in [5, 5.41) is 0. The Morgan fingerprint density at radius 1 is 0.850 bits per heavy atom. The second kappa shape index (κ2) is 11.2. The molecule has 3 N–H and O–H groups in total. The average Bonchev–Trinajstić information content (AvgIpc) is 2.54. The summed E-state index contributed by atoms with van der Waals surface area (Å²) in [6.07, 6.45) is 0. The van der Waals surface area contributed by atoms with Crippen LogP contribution in [0.4, 0.5) is 5.69 Å². The van der Waals surface area contributed by atoms with Crippen molar-refractivity contribution in [2.45, 2.75) is 27.3 Å². The van der Waals surface area contributed by atoms with E-state index in [-0.39, 0.29) is 0 Å². The van der Waals surface area contributed by atoms with Gasteiger partial charge in [0.2, 0.25) is 0 Å². The van der Waals surface area contributed by atoms with Gasteiger partial charge in [-0.2, -0.15) is 0 Å². The Kier molecular flexibility index (Phi) is 10.3. The molecule has 0 aliphatic heterocycles. The third kappa shape index (κ3) is 6.50. The monoisotopic (exact) mass is 273 g/mol. The second-order valence-corrected chi connectivity index (χ2v) is 4.31. The van der Waals surface area contributed by atoms with Crippen LogP contribution in [0.1, 0.15) is 25.0 Å². The van der Waals surface area contributed by atoms with Gasteiger partial charge in [0.25, 0.3) is 0 Å². The number of nitrogens with two attached hydrogens (primary N) is 1. The fourth-order valence-electron chi connectivity index (χ4n) is 1.84. The lowest BCUT2D eigenvalue weighted by Crippen LogP contribution is -3.02. The summed E-state index contributed by atoms with van der Waals surface area (Å²) < 4.78 is 0. The van der Waals surface area contributed by atoms with E-state index in [1.807, 2.05) is 13.8 Å². The summed E-state index contributed by atoms with van der Waals surface area (Å²) in [7, 11) is 3.70. The van der Waals surface area contributed by atoms with Crippen LogP contribution < -0.4 is 10.6 Å². The van der Waals surface area contributed by atoms with Gasteiger partial charge in [-0.25, -0.2) is 0 Å². The van der Waals surface area contributed by atoms with Crippen molar-refractivity contribution in [2.24, 2.45) is 5.73 Å². The van der Waals surface area contributed by atoms with Gasteiger partial charge in [0.15, 0.2) is 0 Å². The van der Waals surface area contributed by atoms with Crippen LogP contribution in [-0.4, -0.2) is 14.1 Å². The summed E-state index contributed by atoms with van der Waals surface area (Å²) >= 11 is 0. The van der Waals surface area contributed by atoms with Crippen molar-refractivity contribution in [3.8, 4) is 0 Å². The number of rotatable bonds is 3. The molecule has 110 valence electrons. The lowest BCUT2D eigenvalue weighted by atomic mass is 10.1. The fraction of sp³-hybridized carbons (Fsp3) is 0.333. The van der Waals surface area contributed by atoms with E-state index in [1.165, 1.54) is 28.8 Å². The zero-order valence-corrected chi connectivity index (χ0v) is 13.5. The summed E-state index contributed by atoms with van der Waals surface area (Å²) in [5.41, 5.74) is 8.54. The third-order valence-electron chi connectivity index (χ3n) is 2.86. The van der Waals surface area contributed by atoms with Gasteiger partial charge >= 0.3 is 0 Å². The van der Waals surface area contributed by atoms with Crippen molar-refractivity contribution >= 4 is 5.69 Å². The first-order chi connectivity index (χ1) is 9.75. The first-order valence-electron chi connectivity index (χ1n) is 7.27. The van der Waals surface area contributed by atoms with Crippen molar-refractivity contribution in [2.75, 3.05) is 14.1 Å². The van der Waals surface area contributed by atoms with Crippen LogP contribution in [0.15, 0.2) is 54.6 Å². The number of hydrogen-bond acceptors (Lipinski definition) is 1. The number of para-hydroxylation sites is 1. The van der Waals surface area contributed by atoms with Gasteiger partial charge in [-0.15, -0.1) is 0 Å². The molecule has 0 bridgehead atoms. The van der Waals surface area contributed by atoms with Gasteiger partial charge in [-0.3, -0.25) is 0 Å². The molecule has 1 atom stereocenters. The zero-order chi connectivity index (χ0) is 15.4. The molecular formula is C18H29N2+. The topological polar surface area (TPSA) is 30.5 Å². The normalized spacial score (nSPS) is 10.5. The molecule has 0 aliphatic rings. The molecule has 2 heteroatoms. The van der Waals surface area contributed by atoms with Crippen molar-refractivity contribution < 1.29 is 4.90 Å². The molecule has 2 aromatic rings. The highest BCUT2D eigenvalue weighted by Crippen LogP contribution is 2.03. The molecule has 0 radical (unpaired) electrons. The van der Waals surface area contributed by atoms with Crippen LogP contribution in [0, 0.1) is 6.92 Å². The lowest BCUT2D eigenvalue weighted by Gasteiger charge is -2.13. The molecule has 0 amide bonds. The smallest absolute Gasteiger partial charge is 0.131 e. The SMILES string of the molecule is CC.CN.Cc1ccc(C[NH+](C)c2ccccc2)cc1. The molecule has 2 nitrogen and oxygen atoms in total. The minimum absolute atomic E-state index is 1.03. The molecule has 0 saturated heterocycles. The Morgan fingerprint density at radius 3 is 1.85 bits per heavy atom. The summed E-state index contributed by atoms with van der Waals surface area (Å²) in [6, 6.07) is 19.3. The van der Waals surface area contributed by atoms with Crippen LogP contribution in [-0.2, 0) is 6.54 Å². The van der Waals surface area contributed by atoms with Crippen molar-refractivity contribution in [3.05, 3.63) is 65.7 Å². The zero-order valence-electron chi connectivity index (χ0n) is 13.5. The van der Waals surface area contributed by atoms with Crippen molar-refractivity contribution in [3.63, 3.8) is 0 Å². The molecule has 0 aliphatic carbocycles. The first kappa shape index (κ1) is 18.4. The minimum Gasteiger partial charge on any atom is -0.333 e. The first-order valence-corrected chi connectivity index (χ1v) is 7.27. The quantitative estimate of drug-likeness (QED) is 0.885. The van der Waals surface area contributed by atoms with Gasteiger partial charge < -0.3 is 10.6 Å². The van der Waals surface area contributed by atoms with E-state index in [1.54, 1.807) is 0 Å². The highest BCUT2D eigenvalue weighted by Gasteiger charge is 2.05. The van der Waals surface area contributed by atoms with Gasteiger partial charge in [-0.1, -0.05) is 61.9 Å². The Balaban J connectivity index is 0.000000829. The van der Waals surface area contributed by atoms with E-state index in [2.05, 4.69) is 74.3 Å². The third-order valence-corrected chi connectivity index (χ3v) is 2.86. The molecule has 2 aromatic carbocycles. The molecule has 2 rings (SSSR count). The number of aryl methyl sites for hydroxylation is 1. The lowest BCUT2D eigenvalue weighted by molar-refractivity contribution is -0.825. The summed E-state index contributed by atoms with van der Waals surface area (Å²) in [6.45, 7) is 7.15. The molecule has 20 heavy (non-hydrogen) atoms.